The van der Waals surface area contributed by atoms with Gasteiger partial charge < -0.3 is 60.4 Å². The molecule has 0 aliphatic heterocycles. The number of amides is 5. The summed E-state index contributed by atoms with van der Waals surface area (Å²) >= 11 is 0. The molecule has 0 fully saturated rings. The molecule has 20 heteroatoms. The summed E-state index contributed by atoms with van der Waals surface area (Å²) < 4.78 is 28.7. The van der Waals surface area contributed by atoms with Crippen LogP contribution in [0.5, 0.6) is 5.75 Å². The van der Waals surface area contributed by atoms with Crippen LogP contribution in [0.2, 0.25) is 0 Å². The van der Waals surface area contributed by atoms with Crippen LogP contribution >= 0.6 is 0 Å². The molecule has 0 aromatic heterocycles. The van der Waals surface area contributed by atoms with Crippen LogP contribution in [0, 0.1) is 0 Å². The highest BCUT2D eigenvalue weighted by Crippen LogP contribution is 2.21. The van der Waals surface area contributed by atoms with Gasteiger partial charge >= 0.3 is 0 Å². The smallest absolute Gasteiger partial charge is 0.251 e. The quantitative estimate of drug-likeness (QED) is 0.0201. The van der Waals surface area contributed by atoms with Crippen LogP contribution in [0.4, 0.5) is 0 Å². The predicted molar refractivity (Wildman–Crippen MR) is 550 cm³/mol. The van der Waals surface area contributed by atoms with E-state index in [-0.39, 0.29) is 91.8 Å². The molecule has 0 heterocycles. The number of carbonyl (C=O) groups is 9. The average molecular weight is 1850 g/mol. The summed E-state index contributed by atoms with van der Waals surface area (Å²) in [4.78, 5) is 114. The highest BCUT2D eigenvalue weighted by molar-refractivity contribution is 5.94. The molecule has 5 amide bonds. The SMILES string of the molecule is CCCCCCCC/C=C\CCCCCCCC(=O)NCC(NC(=O)CCCCCCC/C=C\CCCCCCCCC)C(=O)CCCOC(C)(C)OCCCC(=O)CNCCNC(=O)c1ccc(OC)cc1.CCCCCCCC/C=C\CCCCCCCC(=O)NCC(NC(=O)CCCCCCC/C=C\CCCCCCCCC)C(=O)CCCOC(C)(C)OCCCC(C)=O. The van der Waals surface area contributed by atoms with E-state index in [9.17, 15) is 43.2 Å². The van der Waals surface area contributed by atoms with Crippen molar-refractivity contribution in [1.29, 1.82) is 0 Å². The molecule has 0 saturated heterocycles. The van der Waals surface area contributed by atoms with Crippen LogP contribution in [0.3, 0.4) is 0 Å². The van der Waals surface area contributed by atoms with E-state index >= 15 is 0 Å². The van der Waals surface area contributed by atoms with Crippen LogP contribution in [0.25, 0.3) is 0 Å². The number of nitrogens with one attached hydrogen (secondary N) is 6. The number of rotatable bonds is 97. The van der Waals surface area contributed by atoms with Crippen molar-refractivity contribution in [2.45, 2.75) is 510 Å². The molecular formula is C112H200N6O14. The molecule has 6 N–H and O–H groups in total. The van der Waals surface area contributed by atoms with Gasteiger partial charge in [-0.05, 0) is 213 Å². The van der Waals surface area contributed by atoms with Gasteiger partial charge in [0.05, 0.1) is 40.1 Å². The molecule has 0 spiro atoms. The number of ketones is 4. The van der Waals surface area contributed by atoms with Gasteiger partial charge in [0.1, 0.15) is 29.4 Å². The molecule has 1 aromatic carbocycles. The summed E-state index contributed by atoms with van der Waals surface area (Å²) in [6.45, 7) is 20.5. The van der Waals surface area contributed by atoms with Crippen molar-refractivity contribution in [2.24, 2.45) is 0 Å². The maximum atomic E-state index is 13.5. The first-order valence-corrected chi connectivity index (χ1v) is 54.1. The van der Waals surface area contributed by atoms with Crippen molar-refractivity contribution >= 4 is 52.7 Å². The van der Waals surface area contributed by atoms with E-state index in [0.717, 1.165) is 128 Å². The van der Waals surface area contributed by atoms with E-state index in [2.05, 4.69) is 108 Å². The van der Waals surface area contributed by atoms with Gasteiger partial charge in [-0.1, -0.05) is 295 Å². The average Bonchev–Trinajstić information content (AvgIpc) is 0.894. The highest BCUT2D eigenvalue weighted by atomic mass is 16.7. The first-order valence-electron chi connectivity index (χ1n) is 54.1. The van der Waals surface area contributed by atoms with Crippen molar-refractivity contribution in [2.75, 3.05) is 66.3 Å². The standard InChI is InChI=1S/C61H106N4O8.C51H94N2O6/c1-6-8-10-12-14-16-18-20-22-24-26-28-30-32-34-36-42-59(69)65-56(52-64-58(68)41-35-33-31-29-27-25-23-21-19-17-15-13-11-9-7-2)57(67)40-38-50-73-61(3,4)72-49-37-39-54(66)51-62-47-48-63-60(70)53-43-45-55(71-5)46-44-53;1-6-8-10-12-14-16-18-20-22-24-26-28-30-32-34-36-42-50(57)53-47(48(55)40-38-44-59-51(4,5)58-43-37-39-46(3)54)45-52-49(56)41-35-33-31-29-27-25-23-21-19-17-15-13-11-9-7-2/h21-24,43-46,56,62H,6-20,25-42,47-52H2,1-5H3,(H,63,70)(H,64,68)(H,65,69);21-24,47H,6-20,25-45H2,1-5H3,(H,52,56)(H,53,57)/b2*23-21-,24-22-. The number of hydrogen-bond acceptors (Lipinski definition) is 15. The van der Waals surface area contributed by atoms with Gasteiger partial charge in [-0.25, -0.2) is 0 Å². The second-order valence-corrected chi connectivity index (χ2v) is 37.8. The molecular weight excluding hydrogens is 1650 g/mol. The van der Waals surface area contributed by atoms with E-state index in [1.54, 1.807) is 38.3 Å². The molecule has 132 heavy (non-hydrogen) atoms. The highest BCUT2D eigenvalue weighted by Gasteiger charge is 2.26. The van der Waals surface area contributed by atoms with Gasteiger partial charge in [0.15, 0.2) is 23.1 Å². The maximum absolute atomic E-state index is 13.5. The molecule has 2 atom stereocenters. The fourth-order valence-corrected chi connectivity index (χ4v) is 15.6. The number of hydrogen-bond donors (Lipinski definition) is 6. The first kappa shape index (κ1) is 126. The zero-order chi connectivity index (χ0) is 96.8. The van der Waals surface area contributed by atoms with Gasteiger partial charge in [0.2, 0.25) is 23.6 Å². The van der Waals surface area contributed by atoms with Crippen molar-refractivity contribution in [1.82, 2.24) is 31.9 Å². The molecule has 20 nitrogen and oxygen atoms in total. The van der Waals surface area contributed by atoms with E-state index in [1.807, 2.05) is 27.7 Å². The van der Waals surface area contributed by atoms with Crippen LogP contribution in [0.15, 0.2) is 72.9 Å². The zero-order valence-electron chi connectivity index (χ0n) is 86.3. The molecule has 1 rings (SSSR count). The Morgan fingerprint density at radius 1 is 0.303 bits per heavy atom. The maximum Gasteiger partial charge on any atom is 0.251 e. The third-order valence-electron chi connectivity index (χ3n) is 24.1. The van der Waals surface area contributed by atoms with E-state index in [0.29, 0.717) is 108 Å². The van der Waals surface area contributed by atoms with Crippen molar-refractivity contribution in [3.05, 3.63) is 78.4 Å². The summed E-state index contributed by atoms with van der Waals surface area (Å²) in [5.74, 6) is -1.77. The largest absolute Gasteiger partial charge is 0.497 e. The van der Waals surface area contributed by atoms with Gasteiger partial charge in [-0.3, -0.25) is 38.4 Å². The Bertz CT molecular complexity index is 3060. The lowest BCUT2D eigenvalue weighted by Gasteiger charge is -2.26. The Labute approximate surface area is 807 Å². The first-order chi connectivity index (χ1) is 64.1. The van der Waals surface area contributed by atoms with Crippen LogP contribution in [0.1, 0.15) is 496 Å². The molecule has 2 unspecified atom stereocenters. The minimum absolute atomic E-state index is 0.0473. The molecule has 0 aliphatic rings. The summed E-state index contributed by atoms with van der Waals surface area (Å²) in [7, 11) is 1.57. The predicted octanol–water partition coefficient (Wildman–Crippen LogP) is 27.1. The van der Waals surface area contributed by atoms with E-state index in [4.69, 9.17) is 23.7 Å². The number of methoxy groups -OCH3 is 1. The van der Waals surface area contributed by atoms with Crippen LogP contribution in [-0.4, -0.2) is 143 Å². The number of ether oxygens (including phenoxy) is 5. The fraction of sp³-hybridized carbons (Fsp3) is 0.795. The third kappa shape index (κ3) is 87.8. The number of benzene rings is 1. The Kier molecular flexibility index (Phi) is 89.4. The van der Waals surface area contributed by atoms with Crippen molar-refractivity contribution < 1.29 is 66.8 Å². The van der Waals surface area contributed by atoms with E-state index in [1.165, 1.54) is 218 Å². The van der Waals surface area contributed by atoms with Gasteiger partial charge in [-0.15, -0.1) is 0 Å². The van der Waals surface area contributed by atoms with Gasteiger partial charge in [0.25, 0.3) is 5.91 Å². The molecule has 1 aromatic rings. The summed E-state index contributed by atoms with van der Waals surface area (Å²) in [5.41, 5.74) is 0.539. The molecule has 0 bridgehead atoms. The molecule has 0 saturated carbocycles. The Hall–Kier alpha value is -6.19. The second-order valence-electron chi connectivity index (χ2n) is 37.8. The molecule has 0 aliphatic carbocycles. The summed E-state index contributed by atoms with van der Waals surface area (Å²) in [6, 6.07) is 5.31. The Balaban J connectivity index is 0.00000266. The monoisotopic (exact) mass is 1850 g/mol. The Morgan fingerprint density at radius 2 is 0.568 bits per heavy atom. The number of allylic oxidation sites excluding steroid dienone is 8. The number of unbranched alkanes of at least 4 members (excludes halogenated alkanes) is 46. The molecule has 0 radical (unpaired) electrons. The molecule has 762 valence electrons. The normalized spacial score (nSPS) is 12.3. The fourth-order valence-electron chi connectivity index (χ4n) is 15.6. The Morgan fingerprint density at radius 3 is 0.856 bits per heavy atom. The number of carbonyl (C=O) groups excluding carboxylic acids is 9. The minimum Gasteiger partial charge on any atom is -0.497 e. The summed E-state index contributed by atoms with van der Waals surface area (Å²) in [6.07, 6.45) is 88.6. The third-order valence-corrected chi connectivity index (χ3v) is 24.1. The lowest BCUT2D eigenvalue weighted by Crippen LogP contribution is -2.48. The lowest BCUT2D eigenvalue weighted by atomic mass is 10.1. The summed E-state index contributed by atoms with van der Waals surface area (Å²) in [5, 5.41) is 17.7. The second kappa shape index (κ2) is 93.8. The minimum atomic E-state index is -0.915. The van der Waals surface area contributed by atoms with Crippen LogP contribution in [-0.2, 0) is 57.3 Å². The van der Waals surface area contributed by atoms with Gasteiger partial charge in [0, 0.05) is 83.1 Å². The zero-order valence-corrected chi connectivity index (χ0v) is 86.3. The lowest BCUT2D eigenvalue weighted by molar-refractivity contribution is -0.214. The number of Topliss-reactive ketones (excluding diaryl/α,β-unsaturated/α-hetero) is 4. The van der Waals surface area contributed by atoms with Gasteiger partial charge in [-0.2, -0.15) is 0 Å². The van der Waals surface area contributed by atoms with Crippen LogP contribution < -0.4 is 36.6 Å². The topological polar surface area (TPSA) is 272 Å². The van der Waals surface area contributed by atoms with E-state index < -0.39 is 23.7 Å². The van der Waals surface area contributed by atoms with Crippen molar-refractivity contribution in [3.63, 3.8) is 0 Å². The van der Waals surface area contributed by atoms with Crippen molar-refractivity contribution in [3.8, 4) is 5.75 Å².